The minimum Gasteiger partial charge on any atom is -0.271 e. The smallest absolute Gasteiger partial charge is 0.142 e. The number of hydrazine groups is 1. The Balaban J connectivity index is 2.34. The largest absolute Gasteiger partial charge is 0.271 e. The van der Waals surface area contributed by atoms with E-state index in [0.29, 0.717) is 16.1 Å². The van der Waals surface area contributed by atoms with Gasteiger partial charge in [0.05, 0.1) is 11.1 Å². The summed E-state index contributed by atoms with van der Waals surface area (Å²) in [5, 5.41) is 0.405. The van der Waals surface area contributed by atoms with Crippen LogP contribution in [0.2, 0.25) is 10.0 Å². The molecule has 6 heteroatoms. The highest BCUT2D eigenvalue weighted by molar-refractivity contribution is 6.31. The normalized spacial score (nSPS) is 12.4. The minimum absolute atomic E-state index is 0.00943. The van der Waals surface area contributed by atoms with Crippen molar-refractivity contribution in [2.24, 2.45) is 5.84 Å². The van der Waals surface area contributed by atoms with Crippen molar-refractivity contribution in [1.29, 1.82) is 0 Å². The summed E-state index contributed by atoms with van der Waals surface area (Å²) in [6.45, 7) is 0. The van der Waals surface area contributed by atoms with Crippen LogP contribution in [0.25, 0.3) is 0 Å². The molecule has 0 aliphatic rings. The van der Waals surface area contributed by atoms with Crippen LogP contribution < -0.4 is 11.3 Å². The fraction of sp³-hybridized carbons (Fsp3) is 0.143. The van der Waals surface area contributed by atoms with E-state index < -0.39 is 17.7 Å². The van der Waals surface area contributed by atoms with E-state index >= 15 is 0 Å². The predicted molar refractivity (Wildman–Crippen MR) is 76.6 cm³/mol. The Hall–Kier alpha value is -1.20. The number of rotatable bonds is 4. The maximum atomic E-state index is 13.8. The van der Waals surface area contributed by atoms with Crippen molar-refractivity contribution >= 4 is 23.2 Å². The Kier molecular flexibility index (Phi) is 4.94. The highest BCUT2D eigenvalue weighted by atomic mass is 35.5. The Labute approximate surface area is 125 Å². The topological polar surface area (TPSA) is 38.0 Å². The molecule has 2 nitrogen and oxygen atoms in total. The highest BCUT2D eigenvalue weighted by Gasteiger charge is 2.18. The first-order valence-electron chi connectivity index (χ1n) is 5.87. The fourth-order valence-corrected chi connectivity index (χ4v) is 2.35. The minimum atomic E-state index is -0.562. The summed E-state index contributed by atoms with van der Waals surface area (Å²) in [7, 11) is 0. The number of benzene rings is 2. The van der Waals surface area contributed by atoms with Gasteiger partial charge in [-0.25, -0.2) is 8.78 Å². The Morgan fingerprint density at radius 2 is 1.85 bits per heavy atom. The average Bonchev–Trinajstić information content (AvgIpc) is 2.43. The zero-order chi connectivity index (χ0) is 14.7. The first kappa shape index (κ1) is 15.2. The number of nitrogens with two attached hydrogens (primary N) is 1. The molecule has 20 heavy (non-hydrogen) atoms. The van der Waals surface area contributed by atoms with Crippen molar-refractivity contribution < 1.29 is 8.78 Å². The van der Waals surface area contributed by atoms with Crippen molar-refractivity contribution in [1.82, 2.24) is 5.43 Å². The molecule has 2 rings (SSSR count). The van der Waals surface area contributed by atoms with E-state index in [1.165, 1.54) is 24.3 Å². The van der Waals surface area contributed by atoms with Crippen molar-refractivity contribution in [2.45, 2.75) is 12.5 Å². The lowest BCUT2D eigenvalue weighted by Crippen LogP contribution is -2.30. The van der Waals surface area contributed by atoms with Gasteiger partial charge in [0.1, 0.15) is 11.6 Å². The molecule has 0 amide bonds. The van der Waals surface area contributed by atoms with Crippen LogP contribution in [-0.2, 0) is 6.42 Å². The molecule has 0 aliphatic carbocycles. The molecule has 0 saturated heterocycles. The first-order valence-corrected chi connectivity index (χ1v) is 6.62. The molecule has 0 radical (unpaired) electrons. The quantitative estimate of drug-likeness (QED) is 0.660. The van der Waals surface area contributed by atoms with Gasteiger partial charge in [-0.1, -0.05) is 35.3 Å². The molecular weight excluding hydrogens is 305 g/mol. The summed E-state index contributed by atoms with van der Waals surface area (Å²) in [5.74, 6) is 4.50. The molecule has 0 heterocycles. The molecule has 0 aliphatic heterocycles. The van der Waals surface area contributed by atoms with Crippen molar-refractivity contribution in [3.8, 4) is 0 Å². The highest BCUT2D eigenvalue weighted by Crippen LogP contribution is 2.27. The van der Waals surface area contributed by atoms with Gasteiger partial charge in [0.25, 0.3) is 0 Å². The SMILES string of the molecule is NNC(Cc1cccc(F)c1Cl)c1cc(Cl)ccc1F. The third-order valence-electron chi connectivity index (χ3n) is 2.99. The molecule has 0 saturated carbocycles. The Morgan fingerprint density at radius 1 is 1.10 bits per heavy atom. The second kappa shape index (κ2) is 6.50. The Bertz CT molecular complexity index is 620. The maximum Gasteiger partial charge on any atom is 0.142 e. The Morgan fingerprint density at radius 3 is 2.55 bits per heavy atom. The maximum absolute atomic E-state index is 13.8. The third-order valence-corrected chi connectivity index (χ3v) is 3.65. The second-order valence-corrected chi connectivity index (χ2v) is 5.12. The molecule has 0 bridgehead atoms. The van der Waals surface area contributed by atoms with Crippen LogP contribution in [0, 0.1) is 11.6 Å². The molecule has 106 valence electrons. The molecule has 1 atom stereocenters. The van der Waals surface area contributed by atoms with E-state index in [-0.39, 0.29) is 11.4 Å². The van der Waals surface area contributed by atoms with Crippen LogP contribution in [0.4, 0.5) is 8.78 Å². The number of halogens is 4. The molecule has 0 spiro atoms. The van der Waals surface area contributed by atoms with Crippen LogP contribution in [-0.4, -0.2) is 0 Å². The van der Waals surface area contributed by atoms with E-state index in [2.05, 4.69) is 5.43 Å². The van der Waals surface area contributed by atoms with Crippen LogP contribution in [0.15, 0.2) is 36.4 Å². The van der Waals surface area contributed by atoms with Gasteiger partial charge < -0.3 is 0 Å². The van der Waals surface area contributed by atoms with Crippen molar-refractivity contribution in [3.63, 3.8) is 0 Å². The van der Waals surface area contributed by atoms with Crippen LogP contribution >= 0.6 is 23.2 Å². The number of hydrogen-bond acceptors (Lipinski definition) is 2. The summed E-state index contributed by atoms with van der Waals surface area (Å²) in [6, 6.07) is 8.09. The van der Waals surface area contributed by atoms with Crippen LogP contribution in [0.1, 0.15) is 17.2 Å². The van der Waals surface area contributed by atoms with Gasteiger partial charge in [0.15, 0.2) is 0 Å². The lowest BCUT2D eigenvalue weighted by atomic mass is 9.99. The zero-order valence-electron chi connectivity index (χ0n) is 10.3. The lowest BCUT2D eigenvalue weighted by molar-refractivity contribution is 0.509. The van der Waals surface area contributed by atoms with Gasteiger partial charge in [-0.3, -0.25) is 11.3 Å². The lowest BCUT2D eigenvalue weighted by Gasteiger charge is -2.18. The standard InChI is InChI=1S/C14H12Cl2F2N2/c15-9-4-5-11(17)10(7-9)13(20-19)6-8-2-1-3-12(18)14(8)16/h1-5,7,13,20H,6,19H2. The molecule has 3 N–H and O–H groups in total. The summed E-state index contributed by atoms with van der Waals surface area (Å²) >= 11 is 11.7. The third kappa shape index (κ3) is 3.27. The van der Waals surface area contributed by atoms with Gasteiger partial charge in [-0.15, -0.1) is 0 Å². The second-order valence-electron chi connectivity index (χ2n) is 4.30. The van der Waals surface area contributed by atoms with Crippen LogP contribution in [0.3, 0.4) is 0 Å². The number of nitrogens with one attached hydrogen (secondary N) is 1. The summed E-state index contributed by atoms with van der Waals surface area (Å²) in [5.41, 5.74) is 3.34. The summed E-state index contributed by atoms with van der Waals surface area (Å²) in [6.07, 6.45) is 0.240. The first-order chi connectivity index (χ1) is 9.52. The van der Waals surface area contributed by atoms with E-state index in [1.807, 2.05) is 0 Å². The molecule has 0 aromatic heterocycles. The van der Waals surface area contributed by atoms with Crippen LogP contribution in [0.5, 0.6) is 0 Å². The van der Waals surface area contributed by atoms with E-state index in [0.717, 1.165) is 0 Å². The summed E-state index contributed by atoms with van der Waals surface area (Å²) < 4.78 is 27.2. The van der Waals surface area contributed by atoms with Gasteiger partial charge >= 0.3 is 0 Å². The summed E-state index contributed by atoms with van der Waals surface area (Å²) in [4.78, 5) is 0. The zero-order valence-corrected chi connectivity index (χ0v) is 11.8. The fourth-order valence-electron chi connectivity index (χ4n) is 1.97. The van der Waals surface area contributed by atoms with Gasteiger partial charge in [0, 0.05) is 10.6 Å². The van der Waals surface area contributed by atoms with E-state index in [1.54, 1.807) is 12.1 Å². The average molecular weight is 317 g/mol. The number of hydrogen-bond donors (Lipinski definition) is 2. The van der Waals surface area contributed by atoms with E-state index in [9.17, 15) is 8.78 Å². The van der Waals surface area contributed by atoms with Gasteiger partial charge in [-0.2, -0.15) is 0 Å². The molecule has 1 unspecified atom stereocenters. The van der Waals surface area contributed by atoms with E-state index in [4.69, 9.17) is 29.0 Å². The molecular formula is C14H12Cl2F2N2. The molecule has 2 aromatic carbocycles. The van der Waals surface area contributed by atoms with Crippen molar-refractivity contribution in [2.75, 3.05) is 0 Å². The molecule has 0 fully saturated rings. The molecule has 2 aromatic rings. The van der Waals surface area contributed by atoms with Gasteiger partial charge in [0.2, 0.25) is 0 Å². The monoisotopic (exact) mass is 316 g/mol. The van der Waals surface area contributed by atoms with Gasteiger partial charge in [-0.05, 0) is 36.2 Å². The predicted octanol–water partition coefficient (Wildman–Crippen LogP) is 4.02. The van der Waals surface area contributed by atoms with Crippen molar-refractivity contribution in [3.05, 3.63) is 69.2 Å².